The summed E-state index contributed by atoms with van der Waals surface area (Å²) in [6, 6.07) is 7.23. The number of benzene rings is 1. The van der Waals surface area contributed by atoms with Gasteiger partial charge >= 0.3 is 0 Å². The molecule has 1 atom stereocenters. The zero-order valence-corrected chi connectivity index (χ0v) is 9.44. The summed E-state index contributed by atoms with van der Waals surface area (Å²) in [4.78, 5) is 11.0. The lowest BCUT2D eigenvalue weighted by atomic mass is 10.1. The number of rotatable bonds is 5. The first-order valence-corrected chi connectivity index (χ1v) is 5.32. The van der Waals surface area contributed by atoms with Crippen molar-refractivity contribution in [3.63, 3.8) is 0 Å². The highest BCUT2D eigenvalue weighted by Crippen LogP contribution is 2.11. The van der Waals surface area contributed by atoms with Gasteiger partial charge in [0, 0.05) is 6.04 Å². The Labute approximate surface area is 95.8 Å². The first kappa shape index (κ1) is 12.3. The van der Waals surface area contributed by atoms with Gasteiger partial charge in [-0.05, 0) is 43.5 Å². The SMILES string of the molecule is C=CC(=O)NC(C)CCc1ccc(O)cc1. The van der Waals surface area contributed by atoms with Gasteiger partial charge in [-0.3, -0.25) is 4.79 Å². The molecule has 1 aromatic rings. The van der Waals surface area contributed by atoms with E-state index in [-0.39, 0.29) is 17.7 Å². The third-order valence-corrected chi connectivity index (χ3v) is 2.38. The number of nitrogens with one attached hydrogen (secondary N) is 1. The van der Waals surface area contributed by atoms with Gasteiger partial charge in [-0.1, -0.05) is 18.7 Å². The number of phenols is 1. The summed E-state index contributed by atoms with van der Waals surface area (Å²) in [6.45, 7) is 5.36. The largest absolute Gasteiger partial charge is 0.508 e. The van der Waals surface area contributed by atoms with Crippen LogP contribution in [0.4, 0.5) is 0 Å². The number of hydrogen-bond acceptors (Lipinski definition) is 2. The summed E-state index contributed by atoms with van der Waals surface area (Å²) in [7, 11) is 0. The van der Waals surface area contributed by atoms with E-state index < -0.39 is 0 Å². The lowest BCUT2D eigenvalue weighted by Crippen LogP contribution is -2.31. The zero-order chi connectivity index (χ0) is 12.0. The van der Waals surface area contributed by atoms with Crippen LogP contribution in [0, 0.1) is 0 Å². The van der Waals surface area contributed by atoms with Gasteiger partial charge in [0.1, 0.15) is 5.75 Å². The van der Waals surface area contributed by atoms with Gasteiger partial charge in [0.15, 0.2) is 0 Å². The second-order valence-corrected chi connectivity index (χ2v) is 3.82. The van der Waals surface area contributed by atoms with Crippen LogP contribution in [0.2, 0.25) is 0 Å². The predicted molar refractivity (Wildman–Crippen MR) is 64.2 cm³/mol. The third-order valence-electron chi connectivity index (χ3n) is 2.38. The van der Waals surface area contributed by atoms with Gasteiger partial charge < -0.3 is 10.4 Å². The molecule has 0 aliphatic rings. The fourth-order valence-electron chi connectivity index (χ4n) is 1.42. The van der Waals surface area contributed by atoms with Crippen molar-refractivity contribution in [2.75, 3.05) is 0 Å². The van der Waals surface area contributed by atoms with Gasteiger partial charge in [-0.15, -0.1) is 0 Å². The number of hydrogen-bond donors (Lipinski definition) is 2. The highest BCUT2D eigenvalue weighted by atomic mass is 16.3. The van der Waals surface area contributed by atoms with Crippen LogP contribution in [-0.4, -0.2) is 17.1 Å². The molecule has 1 aromatic carbocycles. The Bertz CT molecular complexity index is 357. The number of aromatic hydroxyl groups is 1. The molecule has 0 bridgehead atoms. The van der Waals surface area contributed by atoms with Crippen molar-refractivity contribution in [3.8, 4) is 5.75 Å². The maximum absolute atomic E-state index is 11.0. The molecule has 2 N–H and O–H groups in total. The summed E-state index contributed by atoms with van der Waals surface area (Å²) in [5, 5.41) is 11.9. The van der Waals surface area contributed by atoms with E-state index in [1.54, 1.807) is 12.1 Å². The number of carbonyl (C=O) groups excluding carboxylic acids is 1. The Morgan fingerprint density at radius 3 is 2.69 bits per heavy atom. The summed E-state index contributed by atoms with van der Waals surface area (Å²) >= 11 is 0. The molecule has 0 saturated heterocycles. The Morgan fingerprint density at radius 1 is 1.50 bits per heavy atom. The average Bonchev–Trinajstić information content (AvgIpc) is 2.28. The average molecular weight is 219 g/mol. The minimum absolute atomic E-state index is 0.124. The van der Waals surface area contributed by atoms with Crippen molar-refractivity contribution in [2.45, 2.75) is 25.8 Å². The molecule has 3 heteroatoms. The fraction of sp³-hybridized carbons (Fsp3) is 0.308. The summed E-state index contributed by atoms with van der Waals surface area (Å²) in [6.07, 6.45) is 3.01. The molecule has 3 nitrogen and oxygen atoms in total. The van der Waals surface area contributed by atoms with Crippen molar-refractivity contribution >= 4 is 5.91 Å². The van der Waals surface area contributed by atoms with E-state index >= 15 is 0 Å². The summed E-state index contributed by atoms with van der Waals surface area (Å²) in [5.41, 5.74) is 1.15. The topological polar surface area (TPSA) is 49.3 Å². The molecule has 86 valence electrons. The Morgan fingerprint density at radius 2 is 2.12 bits per heavy atom. The van der Waals surface area contributed by atoms with Crippen LogP contribution in [0.1, 0.15) is 18.9 Å². The number of phenolic OH excluding ortho intramolecular Hbond substituents is 1. The maximum Gasteiger partial charge on any atom is 0.243 e. The van der Waals surface area contributed by atoms with E-state index in [0.717, 1.165) is 18.4 Å². The molecule has 1 rings (SSSR count). The zero-order valence-electron chi connectivity index (χ0n) is 9.44. The predicted octanol–water partition coefficient (Wildman–Crippen LogP) is 2.02. The smallest absolute Gasteiger partial charge is 0.243 e. The summed E-state index contributed by atoms with van der Waals surface area (Å²) in [5.74, 6) is 0.134. The first-order chi connectivity index (χ1) is 7.61. The molecule has 0 aliphatic heterocycles. The van der Waals surface area contributed by atoms with Crippen LogP contribution in [0.25, 0.3) is 0 Å². The van der Waals surface area contributed by atoms with Crippen LogP contribution in [-0.2, 0) is 11.2 Å². The second-order valence-electron chi connectivity index (χ2n) is 3.82. The van der Waals surface area contributed by atoms with E-state index in [1.165, 1.54) is 6.08 Å². The lowest BCUT2D eigenvalue weighted by Gasteiger charge is -2.12. The lowest BCUT2D eigenvalue weighted by molar-refractivity contribution is -0.117. The number of amides is 1. The first-order valence-electron chi connectivity index (χ1n) is 5.32. The van der Waals surface area contributed by atoms with Crippen LogP contribution in [0.15, 0.2) is 36.9 Å². The van der Waals surface area contributed by atoms with E-state index in [0.29, 0.717) is 0 Å². The van der Waals surface area contributed by atoms with E-state index in [1.807, 2.05) is 19.1 Å². The molecule has 0 aliphatic carbocycles. The van der Waals surface area contributed by atoms with Gasteiger partial charge in [-0.2, -0.15) is 0 Å². The molecule has 1 unspecified atom stereocenters. The number of aryl methyl sites for hydroxylation is 1. The molecule has 0 spiro atoms. The monoisotopic (exact) mass is 219 g/mol. The van der Waals surface area contributed by atoms with Crippen molar-refractivity contribution in [1.82, 2.24) is 5.32 Å². The Hall–Kier alpha value is -1.77. The summed E-state index contributed by atoms with van der Waals surface area (Å²) < 4.78 is 0. The van der Waals surface area contributed by atoms with E-state index in [9.17, 15) is 4.79 Å². The van der Waals surface area contributed by atoms with E-state index in [4.69, 9.17) is 5.11 Å². The normalized spacial score (nSPS) is 11.8. The molecule has 0 saturated carbocycles. The second kappa shape index (κ2) is 5.95. The molecule has 1 amide bonds. The number of carbonyl (C=O) groups is 1. The van der Waals surface area contributed by atoms with Crippen molar-refractivity contribution < 1.29 is 9.90 Å². The molecule has 16 heavy (non-hydrogen) atoms. The van der Waals surface area contributed by atoms with Gasteiger partial charge in [0.2, 0.25) is 5.91 Å². The van der Waals surface area contributed by atoms with E-state index in [2.05, 4.69) is 11.9 Å². The highest BCUT2D eigenvalue weighted by Gasteiger charge is 2.04. The fourth-order valence-corrected chi connectivity index (χ4v) is 1.42. The van der Waals surface area contributed by atoms with Crippen molar-refractivity contribution in [3.05, 3.63) is 42.5 Å². The molecular weight excluding hydrogens is 202 g/mol. The van der Waals surface area contributed by atoms with Crippen LogP contribution in [0.5, 0.6) is 5.75 Å². The minimum atomic E-state index is -0.141. The highest BCUT2D eigenvalue weighted by molar-refractivity contribution is 5.87. The standard InChI is InChI=1S/C13H17NO2/c1-3-13(16)14-10(2)4-5-11-6-8-12(15)9-7-11/h3,6-10,15H,1,4-5H2,2H3,(H,14,16). The van der Waals surface area contributed by atoms with Crippen LogP contribution < -0.4 is 5.32 Å². The third kappa shape index (κ3) is 4.17. The molecule has 0 heterocycles. The van der Waals surface area contributed by atoms with Crippen LogP contribution >= 0.6 is 0 Å². The van der Waals surface area contributed by atoms with Crippen LogP contribution in [0.3, 0.4) is 0 Å². The van der Waals surface area contributed by atoms with Gasteiger partial charge in [0.05, 0.1) is 0 Å². The Kier molecular flexibility index (Phi) is 4.58. The molecule has 0 fully saturated rings. The minimum Gasteiger partial charge on any atom is -0.508 e. The van der Waals surface area contributed by atoms with Gasteiger partial charge in [0.25, 0.3) is 0 Å². The van der Waals surface area contributed by atoms with Crippen molar-refractivity contribution in [2.24, 2.45) is 0 Å². The quantitative estimate of drug-likeness (QED) is 0.744. The maximum atomic E-state index is 11.0. The van der Waals surface area contributed by atoms with Gasteiger partial charge in [-0.25, -0.2) is 0 Å². The van der Waals surface area contributed by atoms with Crippen molar-refractivity contribution in [1.29, 1.82) is 0 Å². The molecule has 0 radical (unpaired) electrons. The molecule has 0 aromatic heterocycles. The Balaban J connectivity index is 2.36. The molecular formula is C13H17NO2.